The van der Waals surface area contributed by atoms with Gasteiger partial charge in [0, 0.05) is 11.5 Å². The van der Waals surface area contributed by atoms with Crippen LogP contribution < -0.4 is 5.32 Å². The third-order valence-electron chi connectivity index (χ3n) is 4.38. The minimum absolute atomic E-state index is 0.0503. The molecule has 1 N–H and O–H groups in total. The van der Waals surface area contributed by atoms with Gasteiger partial charge >= 0.3 is 0 Å². The first-order chi connectivity index (χ1) is 12.2. The van der Waals surface area contributed by atoms with E-state index in [1.807, 2.05) is 30.3 Å². The van der Waals surface area contributed by atoms with Crippen molar-refractivity contribution < 1.29 is 9.18 Å². The molecule has 2 unspecified atom stereocenters. The van der Waals surface area contributed by atoms with Crippen molar-refractivity contribution in [1.29, 1.82) is 0 Å². The van der Waals surface area contributed by atoms with E-state index in [1.54, 1.807) is 30.6 Å². The largest absolute Gasteiger partial charge is 0.323 e. The predicted octanol–water partition coefficient (Wildman–Crippen LogP) is 4.02. The molecule has 2 aromatic carbocycles. The number of carbonyl (C=O) groups is 1. The molecule has 25 heavy (non-hydrogen) atoms. The quantitative estimate of drug-likeness (QED) is 0.784. The lowest BCUT2D eigenvalue weighted by Crippen LogP contribution is -2.15. The number of nitrogens with one attached hydrogen (secondary N) is 1. The first-order valence-corrected chi connectivity index (χ1v) is 8.15. The van der Waals surface area contributed by atoms with Crippen LogP contribution in [0, 0.1) is 11.7 Å². The standard InChI is InChI=1S/C20H16FN3O/c21-18-9-5-4-8-15(18)16-10-17(16)20(25)24-14-11-22-19(23-12-14)13-6-2-1-3-7-13/h1-9,11-12,16-17H,10H2,(H,24,25). The van der Waals surface area contributed by atoms with Crippen molar-refractivity contribution in [3.8, 4) is 11.4 Å². The summed E-state index contributed by atoms with van der Waals surface area (Å²) in [6, 6.07) is 16.2. The average molecular weight is 333 g/mol. The highest BCUT2D eigenvalue weighted by atomic mass is 19.1. The fourth-order valence-electron chi connectivity index (χ4n) is 2.97. The summed E-state index contributed by atoms with van der Waals surface area (Å²) in [6.07, 6.45) is 3.84. The molecule has 5 heteroatoms. The molecule has 0 saturated heterocycles. The van der Waals surface area contributed by atoms with Gasteiger partial charge in [0.2, 0.25) is 5.91 Å². The van der Waals surface area contributed by atoms with Crippen LogP contribution >= 0.6 is 0 Å². The second kappa shape index (κ2) is 6.43. The third-order valence-corrected chi connectivity index (χ3v) is 4.38. The van der Waals surface area contributed by atoms with E-state index in [9.17, 15) is 9.18 Å². The van der Waals surface area contributed by atoms with Crippen LogP contribution in [-0.2, 0) is 4.79 Å². The van der Waals surface area contributed by atoms with E-state index < -0.39 is 0 Å². The summed E-state index contributed by atoms with van der Waals surface area (Å²) < 4.78 is 13.8. The van der Waals surface area contributed by atoms with Crippen LogP contribution in [0.4, 0.5) is 10.1 Å². The average Bonchev–Trinajstić information content (AvgIpc) is 3.44. The summed E-state index contributed by atoms with van der Waals surface area (Å²) in [6.45, 7) is 0. The molecular formula is C20H16FN3O. The lowest BCUT2D eigenvalue weighted by Gasteiger charge is -2.06. The Labute approximate surface area is 144 Å². The van der Waals surface area contributed by atoms with Gasteiger partial charge in [-0.25, -0.2) is 14.4 Å². The molecule has 2 atom stereocenters. The zero-order chi connectivity index (χ0) is 17.2. The van der Waals surface area contributed by atoms with Crippen molar-refractivity contribution in [3.63, 3.8) is 0 Å². The summed E-state index contributed by atoms with van der Waals surface area (Å²) in [5.41, 5.74) is 2.07. The van der Waals surface area contributed by atoms with Gasteiger partial charge in [0.1, 0.15) is 5.82 Å². The van der Waals surface area contributed by atoms with Crippen LogP contribution in [-0.4, -0.2) is 15.9 Å². The molecule has 0 aliphatic heterocycles. The van der Waals surface area contributed by atoms with E-state index in [2.05, 4.69) is 15.3 Å². The van der Waals surface area contributed by atoms with Crippen LogP contribution in [0.2, 0.25) is 0 Å². The molecule has 3 aromatic rings. The Morgan fingerprint density at radius 3 is 2.40 bits per heavy atom. The predicted molar refractivity (Wildman–Crippen MR) is 93.3 cm³/mol. The molecule has 0 spiro atoms. The fraction of sp³-hybridized carbons (Fsp3) is 0.150. The number of anilines is 1. The molecule has 0 bridgehead atoms. The maximum atomic E-state index is 13.8. The summed E-state index contributed by atoms with van der Waals surface area (Å²) in [7, 11) is 0. The van der Waals surface area contributed by atoms with Gasteiger partial charge in [-0.15, -0.1) is 0 Å². The zero-order valence-corrected chi connectivity index (χ0v) is 13.4. The van der Waals surface area contributed by atoms with E-state index in [0.29, 0.717) is 23.5 Å². The number of hydrogen-bond acceptors (Lipinski definition) is 3. The normalized spacial score (nSPS) is 18.6. The van der Waals surface area contributed by atoms with Crippen LogP contribution in [0.25, 0.3) is 11.4 Å². The minimum atomic E-state index is -0.252. The SMILES string of the molecule is O=C(Nc1cnc(-c2ccccc2)nc1)C1CC1c1ccccc1F. The van der Waals surface area contributed by atoms with Gasteiger partial charge < -0.3 is 5.32 Å². The molecule has 1 aliphatic carbocycles. The van der Waals surface area contributed by atoms with Gasteiger partial charge in [-0.2, -0.15) is 0 Å². The number of halogens is 1. The molecular weight excluding hydrogens is 317 g/mol. The number of nitrogens with zero attached hydrogens (tertiary/aromatic N) is 2. The Bertz CT molecular complexity index is 896. The van der Waals surface area contributed by atoms with Crippen molar-refractivity contribution >= 4 is 11.6 Å². The molecule has 1 heterocycles. The van der Waals surface area contributed by atoms with Crippen molar-refractivity contribution in [1.82, 2.24) is 9.97 Å². The highest BCUT2D eigenvalue weighted by molar-refractivity contribution is 5.95. The second-order valence-corrected chi connectivity index (χ2v) is 6.12. The Morgan fingerprint density at radius 2 is 1.68 bits per heavy atom. The van der Waals surface area contributed by atoms with Crippen molar-refractivity contribution in [2.75, 3.05) is 5.32 Å². The fourth-order valence-corrected chi connectivity index (χ4v) is 2.97. The molecule has 0 radical (unpaired) electrons. The summed E-state index contributed by atoms with van der Waals surface area (Å²) in [4.78, 5) is 20.9. The molecule has 1 saturated carbocycles. The van der Waals surface area contributed by atoms with Gasteiger partial charge in [0.25, 0.3) is 0 Å². The van der Waals surface area contributed by atoms with E-state index >= 15 is 0 Å². The Hall–Kier alpha value is -3.08. The lowest BCUT2D eigenvalue weighted by atomic mass is 10.1. The van der Waals surface area contributed by atoms with E-state index in [-0.39, 0.29) is 23.6 Å². The first-order valence-electron chi connectivity index (χ1n) is 8.15. The summed E-state index contributed by atoms with van der Waals surface area (Å²) in [5.74, 6) is -0.0201. The van der Waals surface area contributed by atoms with E-state index in [0.717, 1.165) is 5.56 Å². The molecule has 1 fully saturated rings. The Morgan fingerprint density at radius 1 is 1.00 bits per heavy atom. The molecule has 4 rings (SSSR count). The van der Waals surface area contributed by atoms with Gasteiger partial charge in [-0.1, -0.05) is 48.5 Å². The van der Waals surface area contributed by atoms with Gasteiger partial charge in [-0.05, 0) is 24.0 Å². The molecule has 1 aliphatic rings. The highest BCUT2D eigenvalue weighted by Crippen LogP contribution is 2.48. The zero-order valence-electron chi connectivity index (χ0n) is 13.4. The van der Waals surface area contributed by atoms with E-state index in [1.165, 1.54) is 6.07 Å². The monoisotopic (exact) mass is 333 g/mol. The number of benzene rings is 2. The van der Waals surface area contributed by atoms with Crippen molar-refractivity contribution in [2.45, 2.75) is 12.3 Å². The molecule has 4 nitrogen and oxygen atoms in total. The highest BCUT2D eigenvalue weighted by Gasteiger charge is 2.45. The van der Waals surface area contributed by atoms with Gasteiger partial charge in [-0.3, -0.25) is 4.79 Å². The maximum absolute atomic E-state index is 13.8. The molecule has 1 amide bonds. The Kier molecular flexibility index (Phi) is 3.98. The number of carbonyl (C=O) groups excluding carboxylic acids is 1. The maximum Gasteiger partial charge on any atom is 0.228 e. The number of hydrogen-bond donors (Lipinski definition) is 1. The van der Waals surface area contributed by atoms with Crippen LogP contribution in [0.5, 0.6) is 0 Å². The number of aromatic nitrogens is 2. The molecule has 124 valence electrons. The molecule has 1 aromatic heterocycles. The Balaban J connectivity index is 1.41. The minimum Gasteiger partial charge on any atom is -0.323 e. The summed E-state index contributed by atoms with van der Waals surface area (Å²) in [5, 5.41) is 2.82. The lowest BCUT2D eigenvalue weighted by molar-refractivity contribution is -0.117. The number of amides is 1. The van der Waals surface area contributed by atoms with Crippen LogP contribution in [0.3, 0.4) is 0 Å². The smallest absolute Gasteiger partial charge is 0.228 e. The van der Waals surface area contributed by atoms with Gasteiger partial charge in [0.05, 0.1) is 18.1 Å². The van der Waals surface area contributed by atoms with Crippen molar-refractivity contribution in [2.24, 2.45) is 5.92 Å². The van der Waals surface area contributed by atoms with Crippen LogP contribution in [0.15, 0.2) is 67.0 Å². The van der Waals surface area contributed by atoms with E-state index in [4.69, 9.17) is 0 Å². The van der Waals surface area contributed by atoms with Crippen LogP contribution in [0.1, 0.15) is 17.9 Å². The van der Waals surface area contributed by atoms with Gasteiger partial charge in [0.15, 0.2) is 5.82 Å². The topological polar surface area (TPSA) is 54.9 Å². The summed E-state index contributed by atoms with van der Waals surface area (Å²) >= 11 is 0. The number of rotatable bonds is 4. The third kappa shape index (κ3) is 3.26. The first kappa shape index (κ1) is 15.4. The van der Waals surface area contributed by atoms with Crippen molar-refractivity contribution in [3.05, 3.63) is 78.4 Å². The second-order valence-electron chi connectivity index (χ2n) is 6.12.